The summed E-state index contributed by atoms with van der Waals surface area (Å²) in [6, 6.07) is 2.56. The van der Waals surface area contributed by atoms with Crippen LogP contribution in [0.1, 0.15) is 13.8 Å². The molecule has 2 N–H and O–H groups in total. The highest BCUT2D eigenvalue weighted by atomic mass is 32.2. The Kier molecular flexibility index (Phi) is 5.21. The van der Waals surface area contributed by atoms with E-state index < -0.39 is 33.5 Å². The number of nitrogens with zero attached hydrogens (tertiary/aromatic N) is 1. The number of rotatable bonds is 5. The monoisotopic (exact) mass is 328 g/mol. The number of hydrogen-bond donors (Lipinski definition) is 1. The van der Waals surface area contributed by atoms with Gasteiger partial charge >= 0.3 is 6.18 Å². The number of anilines is 1. The second kappa shape index (κ2) is 6.18. The molecule has 4 nitrogen and oxygen atoms in total. The van der Waals surface area contributed by atoms with Crippen LogP contribution >= 0.6 is 0 Å². The predicted molar refractivity (Wildman–Crippen MR) is 70.5 cm³/mol. The zero-order valence-corrected chi connectivity index (χ0v) is 12.3. The van der Waals surface area contributed by atoms with Gasteiger partial charge < -0.3 is 5.73 Å². The number of hydrogen-bond acceptors (Lipinski definition) is 3. The van der Waals surface area contributed by atoms with Crippen molar-refractivity contribution in [3.8, 4) is 0 Å². The molecule has 0 saturated heterocycles. The van der Waals surface area contributed by atoms with E-state index in [0.717, 1.165) is 12.1 Å². The van der Waals surface area contributed by atoms with Crippen LogP contribution in [0.15, 0.2) is 23.1 Å². The van der Waals surface area contributed by atoms with Crippen LogP contribution in [0.2, 0.25) is 0 Å². The van der Waals surface area contributed by atoms with Gasteiger partial charge in [-0.1, -0.05) is 13.8 Å². The zero-order valence-electron chi connectivity index (χ0n) is 11.5. The Morgan fingerprint density at radius 2 is 1.86 bits per heavy atom. The lowest BCUT2D eigenvalue weighted by Gasteiger charge is -2.25. The molecule has 1 aromatic rings. The molecule has 0 aliphatic rings. The van der Waals surface area contributed by atoms with E-state index in [1.807, 2.05) is 0 Å². The van der Waals surface area contributed by atoms with Crippen LogP contribution in [0.5, 0.6) is 0 Å². The number of sulfonamides is 1. The molecule has 21 heavy (non-hydrogen) atoms. The van der Waals surface area contributed by atoms with Crippen molar-refractivity contribution in [2.24, 2.45) is 5.92 Å². The molecule has 1 rings (SSSR count). The maximum atomic E-state index is 13.2. The van der Waals surface area contributed by atoms with Gasteiger partial charge in [-0.25, -0.2) is 12.8 Å². The van der Waals surface area contributed by atoms with Gasteiger partial charge in [0.15, 0.2) is 0 Å². The maximum Gasteiger partial charge on any atom is 0.402 e. The molecule has 0 aliphatic heterocycles. The molecule has 0 atom stereocenters. The van der Waals surface area contributed by atoms with Crippen LogP contribution in [0.4, 0.5) is 23.2 Å². The quantitative estimate of drug-likeness (QED) is 0.667. The summed E-state index contributed by atoms with van der Waals surface area (Å²) in [5.41, 5.74) is 5.16. The van der Waals surface area contributed by atoms with E-state index in [4.69, 9.17) is 5.73 Å². The topological polar surface area (TPSA) is 63.4 Å². The summed E-state index contributed by atoms with van der Waals surface area (Å²) in [4.78, 5) is -0.660. The van der Waals surface area contributed by atoms with E-state index in [1.165, 1.54) is 0 Å². The molecule has 0 aromatic heterocycles. The number of halogens is 4. The molecule has 120 valence electrons. The van der Waals surface area contributed by atoms with Gasteiger partial charge in [0.2, 0.25) is 10.0 Å². The fourth-order valence-corrected chi connectivity index (χ4v) is 3.44. The van der Waals surface area contributed by atoms with Crippen molar-refractivity contribution in [3.63, 3.8) is 0 Å². The summed E-state index contributed by atoms with van der Waals surface area (Å²) in [5, 5.41) is 0. The molecule has 1 aromatic carbocycles. The molecule has 0 amide bonds. The first-order valence-corrected chi connectivity index (χ1v) is 7.49. The molecule has 9 heteroatoms. The van der Waals surface area contributed by atoms with Crippen LogP contribution in [0.3, 0.4) is 0 Å². The highest BCUT2D eigenvalue weighted by molar-refractivity contribution is 7.89. The van der Waals surface area contributed by atoms with Gasteiger partial charge in [-0.15, -0.1) is 0 Å². The van der Waals surface area contributed by atoms with Gasteiger partial charge in [-0.2, -0.15) is 17.5 Å². The number of nitrogens with two attached hydrogens (primary N) is 1. The maximum absolute atomic E-state index is 13.2. The SMILES string of the molecule is CC(C)CN(CC(F)(F)F)S(=O)(=O)c1cc(F)ccc1N. The molecule has 0 fully saturated rings. The van der Waals surface area contributed by atoms with Crippen molar-refractivity contribution in [3.05, 3.63) is 24.0 Å². The third-order valence-electron chi connectivity index (χ3n) is 2.52. The van der Waals surface area contributed by atoms with Gasteiger partial charge in [0, 0.05) is 6.54 Å². The third-order valence-corrected chi connectivity index (χ3v) is 4.39. The lowest BCUT2D eigenvalue weighted by molar-refractivity contribution is -0.136. The normalized spacial score (nSPS) is 13.1. The first-order chi connectivity index (χ1) is 9.43. The number of nitrogen functional groups attached to an aromatic ring is 1. The van der Waals surface area contributed by atoms with Crippen LogP contribution in [-0.2, 0) is 10.0 Å². The van der Waals surface area contributed by atoms with Crippen LogP contribution in [-0.4, -0.2) is 32.0 Å². The van der Waals surface area contributed by atoms with E-state index >= 15 is 0 Å². The van der Waals surface area contributed by atoms with Crippen molar-refractivity contribution in [2.45, 2.75) is 24.9 Å². The lowest BCUT2D eigenvalue weighted by atomic mass is 10.2. The van der Waals surface area contributed by atoms with Gasteiger partial charge in [0.25, 0.3) is 0 Å². The molecule has 0 aliphatic carbocycles. The van der Waals surface area contributed by atoms with Crippen molar-refractivity contribution in [1.29, 1.82) is 0 Å². The molecule has 0 heterocycles. The van der Waals surface area contributed by atoms with Gasteiger partial charge in [-0.3, -0.25) is 0 Å². The van der Waals surface area contributed by atoms with Crippen LogP contribution in [0.25, 0.3) is 0 Å². The standard InChI is InChI=1S/C12H16F4N2O2S/c1-8(2)6-18(7-12(14,15)16)21(19,20)11-5-9(13)3-4-10(11)17/h3-5,8H,6-7,17H2,1-2H3. The lowest BCUT2D eigenvalue weighted by Crippen LogP contribution is -2.41. The summed E-state index contributed by atoms with van der Waals surface area (Å²) in [7, 11) is -4.53. The highest BCUT2D eigenvalue weighted by Crippen LogP contribution is 2.27. The first-order valence-electron chi connectivity index (χ1n) is 6.05. The summed E-state index contributed by atoms with van der Waals surface area (Å²) < 4.78 is 75.8. The molecular weight excluding hydrogens is 312 g/mol. The predicted octanol–water partition coefficient (Wildman–Crippen LogP) is 2.62. The van der Waals surface area contributed by atoms with Crippen LogP contribution < -0.4 is 5.73 Å². The fourth-order valence-electron chi connectivity index (χ4n) is 1.73. The van der Waals surface area contributed by atoms with Crippen molar-refractivity contribution in [2.75, 3.05) is 18.8 Å². The summed E-state index contributed by atoms with van der Waals surface area (Å²) in [5.74, 6) is -1.23. The molecular formula is C12H16F4N2O2S. The van der Waals surface area contributed by atoms with E-state index in [-0.39, 0.29) is 22.5 Å². The summed E-state index contributed by atoms with van der Waals surface area (Å²) >= 11 is 0. The van der Waals surface area contributed by atoms with Crippen LogP contribution in [0, 0.1) is 11.7 Å². The zero-order chi connectivity index (χ0) is 16.4. The molecule has 0 unspecified atom stereocenters. The third kappa shape index (κ3) is 4.85. The summed E-state index contributed by atoms with van der Waals surface area (Å²) in [6.45, 7) is 1.16. The number of benzene rings is 1. The largest absolute Gasteiger partial charge is 0.402 e. The molecule has 0 spiro atoms. The van der Waals surface area contributed by atoms with Gasteiger partial charge in [-0.05, 0) is 24.1 Å². The Morgan fingerprint density at radius 3 is 2.33 bits per heavy atom. The van der Waals surface area contributed by atoms with E-state index in [9.17, 15) is 26.0 Å². The minimum atomic E-state index is -4.70. The van der Waals surface area contributed by atoms with Crippen molar-refractivity contribution in [1.82, 2.24) is 4.31 Å². The average molecular weight is 328 g/mol. The van der Waals surface area contributed by atoms with E-state index in [0.29, 0.717) is 6.07 Å². The minimum Gasteiger partial charge on any atom is -0.398 e. The molecule has 0 radical (unpaired) electrons. The summed E-state index contributed by atoms with van der Waals surface area (Å²) in [6.07, 6.45) is -4.70. The molecule has 0 bridgehead atoms. The second-order valence-electron chi connectivity index (χ2n) is 4.99. The van der Waals surface area contributed by atoms with E-state index in [2.05, 4.69) is 0 Å². The molecule has 0 saturated carbocycles. The fraction of sp³-hybridized carbons (Fsp3) is 0.500. The Morgan fingerprint density at radius 1 is 1.29 bits per heavy atom. The average Bonchev–Trinajstić information content (AvgIpc) is 2.29. The Hall–Kier alpha value is -1.35. The Bertz CT molecular complexity index is 600. The second-order valence-corrected chi connectivity index (χ2v) is 6.90. The van der Waals surface area contributed by atoms with Gasteiger partial charge in [0.05, 0.1) is 5.69 Å². The smallest absolute Gasteiger partial charge is 0.398 e. The highest BCUT2D eigenvalue weighted by Gasteiger charge is 2.38. The minimum absolute atomic E-state index is 0.267. The van der Waals surface area contributed by atoms with Crippen molar-refractivity contribution >= 4 is 15.7 Å². The Labute approximate surface area is 120 Å². The number of alkyl halides is 3. The van der Waals surface area contributed by atoms with Crippen molar-refractivity contribution < 1.29 is 26.0 Å². The first kappa shape index (κ1) is 17.7. The van der Waals surface area contributed by atoms with E-state index in [1.54, 1.807) is 13.8 Å². The van der Waals surface area contributed by atoms with Gasteiger partial charge in [0.1, 0.15) is 17.3 Å². The Balaban J connectivity index is 3.29.